The third kappa shape index (κ3) is 3.11. The van der Waals surface area contributed by atoms with Crippen molar-refractivity contribution in [1.82, 2.24) is 4.98 Å². The molecule has 0 saturated heterocycles. The molecule has 0 amide bonds. The van der Waals surface area contributed by atoms with Gasteiger partial charge in [-0.3, -0.25) is 0 Å². The lowest BCUT2D eigenvalue weighted by atomic mass is 9.97. The molecule has 1 heterocycles. The summed E-state index contributed by atoms with van der Waals surface area (Å²) in [6.45, 7) is 0. The van der Waals surface area contributed by atoms with E-state index in [9.17, 15) is 26.3 Å². The van der Waals surface area contributed by atoms with E-state index in [4.69, 9.17) is 0 Å². The predicted molar refractivity (Wildman–Crippen MR) is 77.6 cm³/mol. The van der Waals surface area contributed by atoms with Crippen LogP contribution in [0.4, 0.5) is 26.3 Å². The quantitative estimate of drug-likeness (QED) is 0.566. The van der Waals surface area contributed by atoms with Crippen molar-refractivity contribution in [1.29, 1.82) is 0 Å². The average molecular weight is 343 g/mol. The van der Waals surface area contributed by atoms with Gasteiger partial charge in [-0.1, -0.05) is 24.3 Å². The Morgan fingerprint density at radius 1 is 0.792 bits per heavy atom. The van der Waals surface area contributed by atoms with Crippen LogP contribution in [0.5, 0.6) is 0 Å². The molecule has 0 unspecified atom stereocenters. The molecule has 7 heteroatoms. The van der Waals surface area contributed by atoms with Crippen LogP contribution in [0.25, 0.3) is 10.9 Å². The van der Waals surface area contributed by atoms with Crippen LogP contribution in [0.1, 0.15) is 22.3 Å². The summed E-state index contributed by atoms with van der Waals surface area (Å²) in [7, 11) is 0. The van der Waals surface area contributed by atoms with Crippen LogP contribution in [-0.2, 0) is 18.8 Å². The number of nitrogens with one attached hydrogen (secondary N) is 1. The Kier molecular flexibility index (Phi) is 3.81. The second-order valence-corrected chi connectivity index (χ2v) is 5.40. The highest BCUT2D eigenvalue weighted by Gasteiger charge is 2.38. The molecular weight excluding hydrogens is 332 g/mol. The molecule has 1 N–H and O–H groups in total. The Morgan fingerprint density at radius 2 is 1.50 bits per heavy atom. The zero-order valence-corrected chi connectivity index (χ0v) is 12.1. The van der Waals surface area contributed by atoms with Crippen LogP contribution < -0.4 is 0 Å². The smallest absolute Gasteiger partial charge is 0.361 e. The third-order valence-corrected chi connectivity index (χ3v) is 3.80. The molecule has 3 aromatic rings. The fourth-order valence-corrected chi connectivity index (χ4v) is 2.65. The lowest BCUT2D eigenvalue weighted by molar-refractivity contribution is -0.143. The zero-order chi connectivity index (χ0) is 17.5. The van der Waals surface area contributed by atoms with Gasteiger partial charge in [0.1, 0.15) is 0 Å². The number of aromatic amines is 1. The largest absolute Gasteiger partial charge is 0.416 e. The minimum atomic E-state index is -4.86. The van der Waals surface area contributed by atoms with E-state index in [1.807, 2.05) is 0 Å². The first-order valence-corrected chi connectivity index (χ1v) is 6.98. The molecule has 0 radical (unpaired) electrons. The van der Waals surface area contributed by atoms with Crippen LogP contribution in [-0.4, -0.2) is 4.98 Å². The highest BCUT2D eigenvalue weighted by atomic mass is 19.4. The molecular formula is C17H11F6N. The highest BCUT2D eigenvalue weighted by Crippen LogP contribution is 2.38. The summed E-state index contributed by atoms with van der Waals surface area (Å²) >= 11 is 0. The first-order valence-electron chi connectivity index (χ1n) is 6.98. The number of rotatable bonds is 2. The van der Waals surface area contributed by atoms with Gasteiger partial charge in [0.2, 0.25) is 0 Å². The Labute approximate surface area is 132 Å². The highest BCUT2D eigenvalue weighted by molar-refractivity contribution is 5.83. The van der Waals surface area contributed by atoms with Crippen LogP contribution in [0, 0.1) is 0 Å². The molecule has 0 fully saturated rings. The van der Waals surface area contributed by atoms with E-state index in [-0.39, 0.29) is 18.1 Å². The number of H-pyrrole nitrogens is 1. The number of hydrogen-bond acceptors (Lipinski definition) is 0. The van der Waals surface area contributed by atoms with Crippen molar-refractivity contribution in [3.8, 4) is 0 Å². The van der Waals surface area contributed by atoms with Crippen LogP contribution in [0.15, 0.2) is 48.7 Å². The van der Waals surface area contributed by atoms with E-state index in [0.29, 0.717) is 11.6 Å². The molecule has 126 valence electrons. The monoisotopic (exact) mass is 343 g/mol. The van der Waals surface area contributed by atoms with E-state index < -0.39 is 23.5 Å². The van der Waals surface area contributed by atoms with E-state index >= 15 is 0 Å². The number of aromatic nitrogens is 1. The van der Waals surface area contributed by atoms with Gasteiger partial charge in [0.05, 0.1) is 11.1 Å². The van der Waals surface area contributed by atoms with Crippen LogP contribution in [0.2, 0.25) is 0 Å². The molecule has 0 atom stereocenters. The fraction of sp³-hybridized carbons (Fsp3) is 0.176. The number of halogens is 6. The van der Waals surface area contributed by atoms with Crippen molar-refractivity contribution >= 4 is 10.9 Å². The van der Waals surface area contributed by atoms with Gasteiger partial charge in [-0.25, -0.2) is 0 Å². The number of para-hydroxylation sites is 1. The molecule has 1 aromatic heterocycles. The van der Waals surface area contributed by atoms with Crippen LogP contribution in [0.3, 0.4) is 0 Å². The van der Waals surface area contributed by atoms with Gasteiger partial charge in [-0.15, -0.1) is 0 Å². The van der Waals surface area contributed by atoms with Gasteiger partial charge in [-0.2, -0.15) is 26.3 Å². The van der Waals surface area contributed by atoms with E-state index in [1.165, 1.54) is 0 Å². The van der Waals surface area contributed by atoms with Gasteiger partial charge >= 0.3 is 12.4 Å². The number of hydrogen-bond donors (Lipinski definition) is 1. The fourth-order valence-electron chi connectivity index (χ4n) is 2.65. The maximum absolute atomic E-state index is 13.2. The molecule has 1 nitrogen and oxygen atoms in total. The summed E-state index contributed by atoms with van der Waals surface area (Å²) in [5.74, 6) is 0. The Morgan fingerprint density at radius 3 is 2.17 bits per heavy atom. The van der Waals surface area contributed by atoms with Gasteiger partial charge in [0, 0.05) is 23.5 Å². The van der Waals surface area contributed by atoms with E-state index in [1.54, 1.807) is 30.5 Å². The zero-order valence-electron chi connectivity index (χ0n) is 12.1. The van der Waals surface area contributed by atoms with Gasteiger partial charge in [0.15, 0.2) is 0 Å². The lowest BCUT2D eigenvalue weighted by Gasteiger charge is -2.15. The van der Waals surface area contributed by atoms with Gasteiger partial charge in [0.25, 0.3) is 0 Å². The van der Waals surface area contributed by atoms with Crippen molar-refractivity contribution in [3.63, 3.8) is 0 Å². The molecule has 0 saturated carbocycles. The number of benzene rings is 2. The van der Waals surface area contributed by atoms with Crippen molar-refractivity contribution in [2.24, 2.45) is 0 Å². The Hall–Kier alpha value is -2.44. The SMILES string of the molecule is FC(F)(F)c1ccc(Cc2c[nH]c3ccccc23)c(C(F)(F)F)c1. The van der Waals surface area contributed by atoms with Crippen molar-refractivity contribution in [3.05, 3.63) is 70.9 Å². The normalized spacial score (nSPS) is 12.8. The summed E-state index contributed by atoms with van der Waals surface area (Å²) in [5.41, 5.74) is -1.41. The topological polar surface area (TPSA) is 15.8 Å². The molecule has 0 spiro atoms. The second kappa shape index (κ2) is 5.58. The summed E-state index contributed by atoms with van der Waals surface area (Å²) in [4.78, 5) is 2.94. The molecule has 3 rings (SSSR count). The Balaban J connectivity index is 2.07. The first kappa shape index (κ1) is 16.4. The maximum atomic E-state index is 13.2. The summed E-state index contributed by atoms with van der Waals surface area (Å²) in [6.07, 6.45) is -8.22. The second-order valence-electron chi connectivity index (χ2n) is 5.40. The molecule has 0 bridgehead atoms. The Bertz CT molecular complexity index is 873. The van der Waals surface area contributed by atoms with Crippen molar-refractivity contribution in [2.75, 3.05) is 0 Å². The van der Waals surface area contributed by atoms with E-state index in [2.05, 4.69) is 4.98 Å². The molecule has 24 heavy (non-hydrogen) atoms. The number of fused-ring (bicyclic) bond motifs is 1. The molecule has 0 aliphatic rings. The van der Waals surface area contributed by atoms with Gasteiger partial charge < -0.3 is 4.98 Å². The van der Waals surface area contributed by atoms with Gasteiger partial charge in [-0.05, 0) is 29.3 Å². The number of alkyl halides is 6. The lowest BCUT2D eigenvalue weighted by Crippen LogP contribution is -2.13. The summed E-state index contributed by atoms with van der Waals surface area (Å²) in [5, 5.41) is 0.741. The molecule has 2 aromatic carbocycles. The maximum Gasteiger partial charge on any atom is 0.416 e. The first-order chi connectivity index (χ1) is 11.2. The van der Waals surface area contributed by atoms with E-state index in [0.717, 1.165) is 17.0 Å². The minimum Gasteiger partial charge on any atom is -0.361 e. The minimum absolute atomic E-state index is 0.114. The van der Waals surface area contributed by atoms with Crippen molar-refractivity contribution in [2.45, 2.75) is 18.8 Å². The molecule has 0 aliphatic heterocycles. The van der Waals surface area contributed by atoms with Crippen LogP contribution >= 0.6 is 0 Å². The standard InChI is InChI=1S/C17H11F6N/c18-16(19,20)12-6-5-10(14(8-12)17(21,22)23)7-11-9-24-15-4-2-1-3-13(11)15/h1-6,8-9,24H,7H2. The van der Waals surface area contributed by atoms with Crippen molar-refractivity contribution < 1.29 is 26.3 Å². The predicted octanol–water partition coefficient (Wildman–Crippen LogP) is 5.80. The summed E-state index contributed by atoms with van der Waals surface area (Å²) in [6, 6.07) is 8.80. The average Bonchev–Trinajstić information content (AvgIpc) is 2.89. The summed E-state index contributed by atoms with van der Waals surface area (Å²) < 4.78 is 77.7. The third-order valence-electron chi connectivity index (χ3n) is 3.80. The molecule has 0 aliphatic carbocycles.